The van der Waals surface area contributed by atoms with Crippen molar-refractivity contribution in [2.75, 3.05) is 0 Å². The summed E-state index contributed by atoms with van der Waals surface area (Å²) in [6, 6.07) is 12.3. The average molecular weight is 269 g/mol. The Hall–Kier alpha value is -1.81. The zero-order valence-corrected chi connectivity index (χ0v) is 11.7. The van der Waals surface area contributed by atoms with E-state index in [1.54, 1.807) is 11.8 Å². The van der Waals surface area contributed by atoms with Crippen molar-refractivity contribution in [3.05, 3.63) is 53.9 Å². The van der Waals surface area contributed by atoms with Crippen molar-refractivity contribution in [2.24, 2.45) is 0 Å². The minimum atomic E-state index is 0.280. The first-order valence-corrected chi connectivity index (χ1v) is 7.14. The summed E-state index contributed by atoms with van der Waals surface area (Å²) in [6.07, 6.45) is 1.83. The summed E-state index contributed by atoms with van der Waals surface area (Å²) in [5.74, 6) is 0. The summed E-state index contributed by atoms with van der Waals surface area (Å²) in [5.41, 5.74) is 4.42. The van der Waals surface area contributed by atoms with Crippen LogP contribution in [0.3, 0.4) is 0 Å². The molecule has 4 heteroatoms. The summed E-state index contributed by atoms with van der Waals surface area (Å²) in [5, 5.41) is 1.22. The van der Waals surface area contributed by atoms with Crippen molar-refractivity contribution in [3.8, 4) is 0 Å². The normalized spacial score (nSPS) is 12.7. The number of thioether (sulfide) groups is 1. The molecule has 1 atom stereocenters. The monoisotopic (exact) mass is 269 g/mol. The molecule has 0 amide bonds. The van der Waals surface area contributed by atoms with Crippen molar-refractivity contribution in [3.63, 3.8) is 0 Å². The molecule has 3 aromatic rings. The fraction of sp³-hybridized carbons (Fsp3) is 0.200. The van der Waals surface area contributed by atoms with Crippen molar-refractivity contribution in [1.82, 2.24) is 15.0 Å². The lowest BCUT2D eigenvalue weighted by molar-refractivity contribution is 0.984. The number of rotatable bonds is 3. The highest BCUT2D eigenvalue weighted by Gasteiger charge is 2.11. The van der Waals surface area contributed by atoms with Gasteiger partial charge in [0.15, 0.2) is 5.16 Å². The number of benzene rings is 1. The number of imidazole rings is 1. The minimum Gasteiger partial charge on any atom is -0.333 e. The van der Waals surface area contributed by atoms with Crippen LogP contribution in [-0.4, -0.2) is 15.0 Å². The highest BCUT2D eigenvalue weighted by atomic mass is 32.2. The molecule has 0 aliphatic rings. The van der Waals surface area contributed by atoms with Crippen LogP contribution in [0.4, 0.5) is 0 Å². The van der Waals surface area contributed by atoms with E-state index in [2.05, 4.69) is 47.0 Å². The lowest BCUT2D eigenvalue weighted by Crippen LogP contribution is -1.92. The number of aryl methyl sites for hydroxylation is 1. The third-order valence-corrected chi connectivity index (χ3v) is 4.02. The first-order chi connectivity index (χ1) is 9.22. The van der Waals surface area contributed by atoms with E-state index in [9.17, 15) is 0 Å². The van der Waals surface area contributed by atoms with Crippen LogP contribution in [0.1, 0.15) is 23.4 Å². The second kappa shape index (κ2) is 5.05. The number of fused-ring (bicyclic) bond motifs is 1. The largest absolute Gasteiger partial charge is 0.333 e. The lowest BCUT2D eigenvalue weighted by atomic mass is 10.2. The number of H-pyrrole nitrogens is 1. The number of nitrogens with zero attached hydrogens (tertiary/aromatic N) is 2. The second-order valence-corrected chi connectivity index (χ2v) is 5.91. The Morgan fingerprint density at radius 3 is 2.89 bits per heavy atom. The summed E-state index contributed by atoms with van der Waals surface area (Å²) >= 11 is 1.70. The van der Waals surface area contributed by atoms with Gasteiger partial charge in [0.2, 0.25) is 0 Å². The van der Waals surface area contributed by atoms with Crippen molar-refractivity contribution in [2.45, 2.75) is 24.3 Å². The number of aromatic amines is 1. The van der Waals surface area contributed by atoms with Crippen LogP contribution in [0, 0.1) is 6.92 Å². The van der Waals surface area contributed by atoms with Gasteiger partial charge in [0, 0.05) is 6.20 Å². The standard InChI is InChI=1S/C15H15N3S/c1-10-6-7-13-14(9-10)18-15(17-13)19-11(2)12-5-3-4-8-16-12/h3-9,11H,1-2H3,(H,17,18)/t11-/m0/s1. The molecule has 0 fully saturated rings. The predicted octanol–water partition coefficient (Wildman–Crippen LogP) is 4.12. The first-order valence-electron chi connectivity index (χ1n) is 6.26. The molecule has 2 heterocycles. The van der Waals surface area contributed by atoms with E-state index in [-0.39, 0.29) is 5.25 Å². The molecule has 96 valence electrons. The van der Waals surface area contributed by atoms with Crippen LogP contribution in [0.5, 0.6) is 0 Å². The first kappa shape index (κ1) is 12.2. The number of pyridine rings is 1. The van der Waals surface area contributed by atoms with Crippen LogP contribution >= 0.6 is 11.8 Å². The van der Waals surface area contributed by atoms with Crippen molar-refractivity contribution >= 4 is 22.8 Å². The second-order valence-electron chi connectivity index (χ2n) is 4.58. The number of hydrogen-bond acceptors (Lipinski definition) is 3. The van der Waals surface area contributed by atoms with Gasteiger partial charge in [-0.2, -0.15) is 0 Å². The van der Waals surface area contributed by atoms with Gasteiger partial charge in [-0.3, -0.25) is 4.98 Å². The van der Waals surface area contributed by atoms with Gasteiger partial charge in [-0.25, -0.2) is 4.98 Å². The molecule has 19 heavy (non-hydrogen) atoms. The Morgan fingerprint density at radius 2 is 2.11 bits per heavy atom. The molecule has 0 aliphatic carbocycles. The van der Waals surface area contributed by atoms with E-state index in [4.69, 9.17) is 0 Å². The van der Waals surface area contributed by atoms with Crippen LogP contribution in [0.25, 0.3) is 11.0 Å². The molecule has 1 aromatic carbocycles. The SMILES string of the molecule is Cc1ccc2nc(S[C@@H](C)c3ccccn3)[nH]c2c1. The molecule has 0 bridgehead atoms. The maximum Gasteiger partial charge on any atom is 0.167 e. The molecule has 0 aliphatic heterocycles. The van der Waals surface area contributed by atoms with E-state index in [1.165, 1.54) is 5.56 Å². The number of nitrogens with one attached hydrogen (secondary N) is 1. The van der Waals surface area contributed by atoms with E-state index < -0.39 is 0 Å². The molecular formula is C15H15N3S. The molecule has 0 unspecified atom stereocenters. The lowest BCUT2D eigenvalue weighted by Gasteiger charge is -2.07. The Labute approximate surface area is 116 Å². The van der Waals surface area contributed by atoms with Gasteiger partial charge in [0.1, 0.15) is 0 Å². The Balaban J connectivity index is 1.85. The third kappa shape index (κ3) is 2.63. The topological polar surface area (TPSA) is 41.6 Å². The Kier molecular flexibility index (Phi) is 3.25. The zero-order valence-electron chi connectivity index (χ0n) is 10.9. The maximum absolute atomic E-state index is 4.60. The van der Waals surface area contributed by atoms with E-state index in [0.717, 1.165) is 21.9 Å². The summed E-state index contributed by atoms with van der Waals surface area (Å²) in [4.78, 5) is 12.3. The van der Waals surface area contributed by atoms with Crippen LogP contribution in [-0.2, 0) is 0 Å². The molecular weight excluding hydrogens is 254 g/mol. The highest BCUT2D eigenvalue weighted by Crippen LogP contribution is 2.32. The smallest absolute Gasteiger partial charge is 0.167 e. The van der Waals surface area contributed by atoms with Crippen molar-refractivity contribution in [1.29, 1.82) is 0 Å². The molecule has 3 rings (SSSR count). The van der Waals surface area contributed by atoms with Gasteiger partial charge in [0.05, 0.1) is 22.0 Å². The summed E-state index contributed by atoms with van der Waals surface area (Å²) in [6.45, 7) is 4.23. The van der Waals surface area contributed by atoms with Gasteiger partial charge >= 0.3 is 0 Å². The number of aromatic nitrogens is 3. The van der Waals surface area contributed by atoms with Gasteiger partial charge in [-0.05, 0) is 43.7 Å². The fourth-order valence-electron chi connectivity index (χ4n) is 2.00. The predicted molar refractivity (Wildman–Crippen MR) is 79.3 cm³/mol. The zero-order chi connectivity index (χ0) is 13.2. The van der Waals surface area contributed by atoms with Gasteiger partial charge < -0.3 is 4.98 Å². The molecule has 3 nitrogen and oxygen atoms in total. The highest BCUT2D eigenvalue weighted by molar-refractivity contribution is 7.99. The van der Waals surface area contributed by atoms with E-state index in [0.29, 0.717) is 0 Å². The quantitative estimate of drug-likeness (QED) is 0.727. The molecule has 0 saturated heterocycles. The average Bonchev–Trinajstić information content (AvgIpc) is 2.81. The summed E-state index contributed by atoms with van der Waals surface area (Å²) < 4.78 is 0. The van der Waals surface area contributed by atoms with Gasteiger partial charge in [-0.1, -0.05) is 23.9 Å². The van der Waals surface area contributed by atoms with E-state index in [1.807, 2.05) is 24.4 Å². The van der Waals surface area contributed by atoms with Gasteiger partial charge in [-0.15, -0.1) is 0 Å². The number of hydrogen-bond donors (Lipinski definition) is 1. The molecule has 1 N–H and O–H groups in total. The van der Waals surface area contributed by atoms with Crippen LogP contribution in [0.15, 0.2) is 47.8 Å². The van der Waals surface area contributed by atoms with Crippen LogP contribution < -0.4 is 0 Å². The maximum atomic E-state index is 4.60. The Morgan fingerprint density at radius 1 is 1.21 bits per heavy atom. The van der Waals surface area contributed by atoms with Crippen molar-refractivity contribution < 1.29 is 0 Å². The van der Waals surface area contributed by atoms with Gasteiger partial charge in [0.25, 0.3) is 0 Å². The van der Waals surface area contributed by atoms with E-state index >= 15 is 0 Å². The fourth-order valence-corrected chi connectivity index (χ4v) is 2.92. The molecule has 2 aromatic heterocycles. The summed E-state index contributed by atoms with van der Waals surface area (Å²) in [7, 11) is 0. The molecule has 0 saturated carbocycles. The molecule has 0 radical (unpaired) electrons. The minimum absolute atomic E-state index is 0.280. The Bertz CT molecular complexity index is 691. The third-order valence-electron chi connectivity index (χ3n) is 3.01. The van der Waals surface area contributed by atoms with Crippen LogP contribution in [0.2, 0.25) is 0 Å². The molecule has 0 spiro atoms.